The number of nitrogens with one attached hydrogen (secondary N) is 2. The summed E-state index contributed by atoms with van der Waals surface area (Å²) in [4.78, 5) is 32.9. The van der Waals surface area contributed by atoms with Crippen LogP contribution in [0.25, 0.3) is 0 Å². The molecular formula is C24H24ClN3O4S. The number of thioether (sulfide) groups is 1. The SMILES string of the molecule is COc1cc([C@@H]2CC(=O)Nc3nc(SCc4ccccc4Cl)[nH]c(=O)c32)ccc1OC(C)C. The van der Waals surface area contributed by atoms with Gasteiger partial charge in [-0.05, 0) is 43.2 Å². The Morgan fingerprint density at radius 3 is 2.70 bits per heavy atom. The van der Waals surface area contributed by atoms with Gasteiger partial charge >= 0.3 is 0 Å². The minimum absolute atomic E-state index is 0.0142. The highest BCUT2D eigenvalue weighted by Gasteiger charge is 2.31. The molecule has 7 nitrogen and oxygen atoms in total. The van der Waals surface area contributed by atoms with Gasteiger partial charge < -0.3 is 19.8 Å². The lowest BCUT2D eigenvalue weighted by Crippen LogP contribution is -2.31. The van der Waals surface area contributed by atoms with Crippen LogP contribution in [-0.2, 0) is 10.5 Å². The molecule has 0 saturated heterocycles. The number of amides is 1. The zero-order chi connectivity index (χ0) is 23.5. The molecule has 0 radical (unpaired) electrons. The number of hydrogen-bond acceptors (Lipinski definition) is 6. The molecular weight excluding hydrogens is 462 g/mol. The van der Waals surface area contributed by atoms with Crippen LogP contribution in [0.1, 0.15) is 42.9 Å². The summed E-state index contributed by atoms with van der Waals surface area (Å²) in [6, 6.07) is 13.0. The molecule has 0 unspecified atom stereocenters. The highest BCUT2D eigenvalue weighted by molar-refractivity contribution is 7.98. The molecule has 0 bridgehead atoms. The van der Waals surface area contributed by atoms with E-state index >= 15 is 0 Å². The number of aromatic amines is 1. The summed E-state index contributed by atoms with van der Waals surface area (Å²) in [6.07, 6.45) is 0.122. The lowest BCUT2D eigenvalue weighted by molar-refractivity contribution is -0.116. The molecule has 0 saturated carbocycles. The average molecular weight is 486 g/mol. The van der Waals surface area contributed by atoms with E-state index < -0.39 is 5.92 Å². The number of ether oxygens (including phenoxy) is 2. The van der Waals surface area contributed by atoms with Gasteiger partial charge in [0.05, 0.1) is 18.8 Å². The van der Waals surface area contributed by atoms with E-state index in [4.69, 9.17) is 21.1 Å². The van der Waals surface area contributed by atoms with Gasteiger partial charge in [0.25, 0.3) is 5.56 Å². The molecule has 9 heteroatoms. The minimum Gasteiger partial charge on any atom is -0.493 e. The standard InChI is InChI=1S/C24H24ClN3O4S/c1-13(2)32-18-9-8-14(10-19(18)31-3)16-11-20(29)26-22-21(16)23(30)28-24(27-22)33-12-15-6-4-5-7-17(15)25/h4-10,13,16H,11-12H2,1-3H3,(H2,26,27,28,29,30)/t16-/m0/s1. The smallest absolute Gasteiger partial charge is 0.257 e. The van der Waals surface area contributed by atoms with Crippen LogP contribution in [0.15, 0.2) is 52.4 Å². The summed E-state index contributed by atoms with van der Waals surface area (Å²) in [6.45, 7) is 3.86. The highest BCUT2D eigenvalue weighted by Crippen LogP contribution is 2.38. The van der Waals surface area contributed by atoms with Crippen LogP contribution in [-0.4, -0.2) is 29.1 Å². The van der Waals surface area contributed by atoms with E-state index in [1.54, 1.807) is 13.2 Å². The van der Waals surface area contributed by atoms with Crippen molar-refractivity contribution in [2.75, 3.05) is 12.4 Å². The third-order valence-electron chi connectivity index (χ3n) is 5.20. The summed E-state index contributed by atoms with van der Waals surface area (Å²) in [7, 11) is 1.56. The molecule has 0 aliphatic carbocycles. The van der Waals surface area contributed by atoms with E-state index in [9.17, 15) is 9.59 Å². The number of carbonyl (C=O) groups excluding carboxylic acids is 1. The van der Waals surface area contributed by atoms with Gasteiger partial charge in [0.1, 0.15) is 5.82 Å². The third kappa shape index (κ3) is 5.17. The topological polar surface area (TPSA) is 93.3 Å². The van der Waals surface area contributed by atoms with E-state index in [1.165, 1.54) is 11.8 Å². The molecule has 2 heterocycles. The molecule has 3 aromatic rings. The summed E-state index contributed by atoms with van der Waals surface area (Å²) in [5.41, 5.74) is 1.86. The largest absolute Gasteiger partial charge is 0.493 e. The van der Waals surface area contributed by atoms with E-state index in [0.29, 0.717) is 33.0 Å². The molecule has 0 fully saturated rings. The molecule has 33 heavy (non-hydrogen) atoms. The summed E-state index contributed by atoms with van der Waals surface area (Å²) in [5.74, 6) is 1.32. The first kappa shape index (κ1) is 23.2. The second-order valence-electron chi connectivity index (χ2n) is 7.90. The lowest BCUT2D eigenvalue weighted by Gasteiger charge is -2.25. The normalized spacial score (nSPS) is 15.2. The van der Waals surface area contributed by atoms with Crippen molar-refractivity contribution in [3.63, 3.8) is 0 Å². The number of carbonyl (C=O) groups is 1. The van der Waals surface area contributed by atoms with Crippen molar-refractivity contribution in [1.29, 1.82) is 0 Å². The van der Waals surface area contributed by atoms with Gasteiger partial charge in [0.2, 0.25) is 5.91 Å². The Morgan fingerprint density at radius 2 is 1.97 bits per heavy atom. The van der Waals surface area contributed by atoms with Crippen LogP contribution in [0.2, 0.25) is 5.02 Å². The van der Waals surface area contributed by atoms with Gasteiger partial charge in [-0.2, -0.15) is 0 Å². The maximum Gasteiger partial charge on any atom is 0.257 e. The van der Waals surface area contributed by atoms with Crippen molar-refractivity contribution >= 4 is 35.1 Å². The number of fused-ring (bicyclic) bond motifs is 1. The zero-order valence-electron chi connectivity index (χ0n) is 18.5. The molecule has 4 rings (SSSR count). The molecule has 1 amide bonds. The first-order valence-electron chi connectivity index (χ1n) is 10.5. The van der Waals surface area contributed by atoms with Gasteiger partial charge in [-0.1, -0.05) is 47.6 Å². The molecule has 2 aromatic carbocycles. The predicted molar refractivity (Wildman–Crippen MR) is 130 cm³/mol. The van der Waals surface area contributed by atoms with Crippen LogP contribution in [0.4, 0.5) is 5.82 Å². The highest BCUT2D eigenvalue weighted by atomic mass is 35.5. The van der Waals surface area contributed by atoms with Crippen LogP contribution in [0, 0.1) is 0 Å². The number of halogens is 1. The van der Waals surface area contributed by atoms with Crippen molar-refractivity contribution in [2.24, 2.45) is 0 Å². The molecule has 172 valence electrons. The third-order valence-corrected chi connectivity index (χ3v) is 6.50. The Morgan fingerprint density at radius 1 is 1.18 bits per heavy atom. The number of hydrogen-bond donors (Lipinski definition) is 2. The Bertz CT molecular complexity index is 1240. The monoisotopic (exact) mass is 485 g/mol. The fraction of sp³-hybridized carbons (Fsp3) is 0.292. The van der Waals surface area contributed by atoms with Crippen LogP contribution < -0.4 is 20.3 Å². The Hall–Kier alpha value is -2.97. The maximum atomic E-state index is 13.1. The molecule has 1 aliphatic rings. The maximum absolute atomic E-state index is 13.1. The van der Waals surface area contributed by atoms with E-state index in [1.807, 2.05) is 50.2 Å². The molecule has 1 atom stereocenters. The van der Waals surface area contributed by atoms with Crippen molar-refractivity contribution in [3.05, 3.63) is 74.5 Å². The molecule has 2 N–H and O–H groups in total. The predicted octanol–water partition coefficient (Wildman–Crippen LogP) is 4.99. The molecule has 1 aliphatic heterocycles. The van der Waals surface area contributed by atoms with Crippen LogP contribution in [0.5, 0.6) is 11.5 Å². The first-order valence-corrected chi connectivity index (χ1v) is 11.9. The van der Waals surface area contributed by atoms with Crippen LogP contribution >= 0.6 is 23.4 Å². The quantitative estimate of drug-likeness (QED) is 0.362. The summed E-state index contributed by atoms with van der Waals surface area (Å²) in [5, 5.41) is 3.82. The fourth-order valence-electron chi connectivity index (χ4n) is 3.72. The average Bonchev–Trinajstić information content (AvgIpc) is 2.77. The Balaban J connectivity index is 1.66. The van der Waals surface area contributed by atoms with Crippen molar-refractivity contribution in [3.8, 4) is 11.5 Å². The van der Waals surface area contributed by atoms with Gasteiger partial charge in [-0.3, -0.25) is 9.59 Å². The van der Waals surface area contributed by atoms with Gasteiger partial charge in [0.15, 0.2) is 16.7 Å². The number of nitrogens with zero attached hydrogens (tertiary/aromatic N) is 1. The van der Waals surface area contributed by atoms with Gasteiger partial charge in [-0.15, -0.1) is 0 Å². The van der Waals surface area contributed by atoms with Crippen molar-refractivity contribution in [2.45, 2.75) is 43.2 Å². The number of benzene rings is 2. The summed E-state index contributed by atoms with van der Waals surface area (Å²) < 4.78 is 11.3. The summed E-state index contributed by atoms with van der Waals surface area (Å²) >= 11 is 7.57. The van der Waals surface area contributed by atoms with Gasteiger partial charge in [0, 0.05) is 23.1 Å². The molecule has 1 aromatic heterocycles. The lowest BCUT2D eigenvalue weighted by atomic mass is 9.86. The minimum atomic E-state index is -0.449. The second kappa shape index (κ2) is 9.89. The van der Waals surface area contributed by atoms with E-state index in [2.05, 4.69) is 15.3 Å². The van der Waals surface area contributed by atoms with E-state index in [-0.39, 0.29) is 29.8 Å². The number of anilines is 1. The van der Waals surface area contributed by atoms with Crippen molar-refractivity contribution in [1.82, 2.24) is 9.97 Å². The van der Waals surface area contributed by atoms with Gasteiger partial charge in [-0.25, -0.2) is 4.98 Å². The van der Waals surface area contributed by atoms with Crippen molar-refractivity contribution < 1.29 is 14.3 Å². The number of methoxy groups -OCH3 is 1. The number of rotatable bonds is 7. The second-order valence-corrected chi connectivity index (χ2v) is 9.27. The Labute approximate surface area is 200 Å². The van der Waals surface area contributed by atoms with E-state index in [0.717, 1.165) is 11.1 Å². The first-order chi connectivity index (χ1) is 15.9. The Kier molecular flexibility index (Phi) is 6.95. The fourth-order valence-corrected chi connectivity index (χ4v) is 4.86. The number of H-pyrrole nitrogens is 1. The number of aromatic nitrogens is 2. The van der Waals surface area contributed by atoms with Crippen LogP contribution in [0.3, 0.4) is 0 Å². The zero-order valence-corrected chi connectivity index (χ0v) is 20.0. The molecule has 0 spiro atoms.